The summed E-state index contributed by atoms with van der Waals surface area (Å²) in [7, 11) is -3.35. The number of carbonyl (C=O) groups excluding carboxylic acids is 1. The monoisotopic (exact) mass is 432 g/mol. The second kappa shape index (κ2) is 8.53. The first-order chi connectivity index (χ1) is 14.4. The van der Waals surface area contributed by atoms with Crippen LogP contribution >= 0.6 is 0 Å². The Labute approximate surface area is 175 Å². The number of fused-ring (bicyclic) bond motifs is 1. The van der Waals surface area contributed by atoms with Gasteiger partial charge in [-0.1, -0.05) is 12.1 Å². The molecule has 0 aromatic heterocycles. The zero-order chi connectivity index (χ0) is 21.1. The lowest BCUT2D eigenvalue weighted by atomic mass is 10.2. The van der Waals surface area contributed by atoms with Gasteiger partial charge < -0.3 is 19.5 Å². The average molecular weight is 432 g/mol. The van der Waals surface area contributed by atoms with Crippen LogP contribution in [-0.4, -0.2) is 44.6 Å². The molecule has 0 bridgehead atoms. The van der Waals surface area contributed by atoms with Gasteiger partial charge in [-0.15, -0.1) is 0 Å². The molecule has 2 aliphatic heterocycles. The van der Waals surface area contributed by atoms with E-state index >= 15 is 0 Å². The Morgan fingerprint density at radius 3 is 2.70 bits per heavy atom. The third-order valence-electron chi connectivity index (χ3n) is 5.03. The molecule has 9 heteroatoms. The van der Waals surface area contributed by atoms with Crippen LogP contribution in [0.4, 0.5) is 5.69 Å². The Balaban J connectivity index is 1.37. The van der Waals surface area contributed by atoms with Crippen LogP contribution in [0.5, 0.6) is 17.2 Å². The largest absolute Gasteiger partial charge is 0.481 e. The molecule has 1 amide bonds. The normalized spacial score (nSPS) is 17.0. The van der Waals surface area contributed by atoms with Gasteiger partial charge in [0.15, 0.2) is 17.6 Å². The Hall–Kier alpha value is -2.78. The molecule has 0 aliphatic carbocycles. The summed E-state index contributed by atoms with van der Waals surface area (Å²) in [6.07, 6.45) is 1.04. The molecular formula is C21H24N2O6S. The number of rotatable bonds is 7. The van der Waals surface area contributed by atoms with Crippen LogP contribution in [0.25, 0.3) is 0 Å². The number of benzene rings is 2. The third kappa shape index (κ3) is 4.68. The minimum Gasteiger partial charge on any atom is -0.481 e. The smallest absolute Gasteiger partial charge is 0.265 e. The van der Waals surface area contributed by atoms with Gasteiger partial charge in [-0.05, 0) is 49.6 Å². The molecule has 0 saturated carbocycles. The van der Waals surface area contributed by atoms with Gasteiger partial charge in [0.25, 0.3) is 5.91 Å². The van der Waals surface area contributed by atoms with Crippen molar-refractivity contribution in [3.8, 4) is 17.2 Å². The van der Waals surface area contributed by atoms with Gasteiger partial charge in [0.05, 0.1) is 5.75 Å². The van der Waals surface area contributed by atoms with E-state index in [2.05, 4.69) is 5.32 Å². The summed E-state index contributed by atoms with van der Waals surface area (Å²) in [5.74, 6) is 1.28. The van der Waals surface area contributed by atoms with Crippen molar-refractivity contribution in [2.24, 2.45) is 0 Å². The van der Waals surface area contributed by atoms with Crippen molar-refractivity contribution >= 4 is 21.6 Å². The van der Waals surface area contributed by atoms with Crippen molar-refractivity contribution in [3.63, 3.8) is 0 Å². The second-order valence-corrected chi connectivity index (χ2v) is 9.30. The van der Waals surface area contributed by atoms with Gasteiger partial charge in [0.2, 0.25) is 16.8 Å². The van der Waals surface area contributed by atoms with Crippen LogP contribution in [-0.2, 0) is 20.6 Å². The van der Waals surface area contributed by atoms with E-state index in [0.29, 0.717) is 41.6 Å². The highest BCUT2D eigenvalue weighted by Gasteiger charge is 2.25. The summed E-state index contributed by atoms with van der Waals surface area (Å²) in [6.45, 7) is 2.96. The standard InChI is InChI=1S/C21H24N2O6S/c1-15(29-18-7-8-19-20(12-18)28-14-27-19)21(24)22-17-6-4-5-16(11-17)13-30(25,26)23-9-2-3-10-23/h4-8,11-12,15H,2-3,9-10,13-14H2,1H3,(H,22,24). The molecule has 1 fully saturated rings. The van der Waals surface area contributed by atoms with Crippen LogP contribution in [0.2, 0.25) is 0 Å². The lowest BCUT2D eigenvalue weighted by molar-refractivity contribution is -0.122. The maximum absolute atomic E-state index is 12.5. The van der Waals surface area contributed by atoms with E-state index in [1.165, 1.54) is 4.31 Å². The molecule has 2 aromatic carbocycles. The fraction of sp³-hybridized carbons (Fsp3) is 0.381. The van der Waals surface area contributed by atoms with E-state index in [4.69, 9.17) is 14.2 Å². The molecule has 2 aromatic rings. The van der Waals surface area contributed by atoms with Crippen molar-refractivity contribution in [1.29, 1.82) is 0 Å². The number of hydrogen-bond acceptors (Lipinski definition) is 6. The Morgan fingerprint density at radius 2 is 1.90 bits per heavy atom. The van der Waals surface area contributed by atoms with Crippen LogP contribution in [0, 0.1) is 0 Å². The fourth-order valence-electron chi connectivity index (χ4n) is 3.46. The summed E-state index contributed by atoms with van der Waals surface area (Å²) >= 11 is 0. The molecule has 0 radical (unpaired) electrons. The fourth-order valence-corrected chi connectivity index (χ4v) is 5.06. The molecule has 8 nitrogen and oxygen atoms in total. The summed E-state index contributed by atoms with van der Waals surface area (Å²) in [5.41, 5.74) is 1.15. The van der Waals surface area contributed by atoms with E-state index in [-0.39, 0.29) is 18.5 Å². The predicted octanol–water partition coefficient (Wildman–Crippen LogP) is 2.75. The Kier molecular flexibility index (Phi) is 5.83. The molecule has 160 valence electrons. The van der Waals surface area contributed by atoms with Crippen molar-refractivity contribution < 1.29 is 27.4 Å². The van der Waals surface area contributed by atoms with Crippen LogP contribution in [0.3, 0.4) is 0 Å². The lowest BCUT2D eigenvalue weighted by Gasteiger charge is -2.17. The van der Waals surface area contributed by atoms with Gasteiger partial charge in [0, 0.05) is 24.8 Å². The van der Waals surface area contributed by atoms with Crippen LogP contribution in [0.1, 0.15) is 25.3 Å². The topological polar surface area (TPSA) is 94.2 Å². The molecular weight excluding hydrogens is 408 g/mol. The van der Waals surface area contributed by atoms with Crippen molar-refractivity contribution in [1.82, 2.24) is 4.31 Å². The van der Waals surface area contributed by atoms with E-state index in [1.807, 2.05) is 0 Å². The second-order valence-electron chi connectivity index (χ2n) is 7.33. The maximum atomic E-state index is 12.5. The Morgan fingerprint density at radius 1 is 1.13 bits per heavy atom. The van der Waals surface area contributed by atoms with E-state index in [9.17, 15) is 13.2 Å². The highest BCUT2D eigenvalue weighted by atomic mass is 32.2. The molecule has 1 unspecified atom stereocenters. The minimum atomic E-state index is -3.35. The zero-order valence-electron chi connectivity index (χ0n) is 16.7. The van der Waals surface area contributed by atoms with Gasteiger partial charge in [0.1, 0.15) is 5.75 Å². The summed E-state index contributed by atoms with van der Waals surface area (Å²) in [5, 5.41) is 2.78. The van der Waals surface area contributed by atoms with E-state index < -0.39 is 16.1 Å². The van der Waals surface area contributed by atoms with Crippen LogP contribution in [0.15, 0.2) is 42.5 Å². The number of carbonyl (C=O) groups is 1. The Bertz CT molecular complexity index is 1030. The van der Waals surface area contributed by atoms with Crippen molar-refractivity contribution in [3.05, 3.63) is 48.0 Å². The van der Waals surface area contributed by atoms with Gasteiger partial charge >= 0.3 is 0 Å². The van der Waals surface area contributed by atoms with Gasteiger partial charge in [-0.3, -0.25) is 4.79 Å². The zero-order valence-corrected chi connectivity index (χ0v) is 17.5. The number of nitrogens with one attached hydrogen (secondary N) is 1. The highest BCUT2D eigenvalue weighted by Crippen LogP contribution is 2.35. The van der Waals surface area contributed by atoms with Gasteiger partial charge in [-0.2, -0.15) is 0 Å². The first kappa shape index (κ1) is 20.5. The summed E-state index contributed by atoms with van der Waals surface area (Å²) < 4.78 is 42.9. The highest BCUT2D eigenvalue weighted by molar-refractivity contribution is 7.88. The first-order valence-corrected chi connectivity index (χ1v) is 11.5. The molecule has 0 spiro atoms. The average Bonchev–Trinajstić information content (AvgIpc) is 3.40. The molecule has 2 heterocycles. The number of nitrogens with zero attached hydrogens (tertiary/aromatic N) is 1. The molecule has 1 saturated heterocycles. The number of anilines is 1. The quantitative estimate of drug-likeness (QED) is 0.723. The molecule has 4 rings (SSSR count). The minimum absolute atomic E-state index is 0.0834. The third-order valence-corrected chi connectivity index (χ3v) is 6.88. The summed E-state index contributed by atoms with van der Waals surface area (Å²) in [4.78, 5) is 12.5. The van der Waals surface area contributed by atoms with E-state index in [0.717, 1.165) is 12.8 Å². The lowest BCUT2D eigenvalue weighted by Crippen LogP contribution is -2.30. The predicted molar refractivity (Wildman–Crippen MR) is 111 cm³/mol. The molecule has 1 N–H and O–H groups in total. The SMILES string of the molecule is CC(Oc1ccc2c(c1)OCO2)C(=O)Nc1cccc(CS(=O)(=O)N2CCCC2)c1. The van der Waals surface area contributed by atoms with Crippen LogP contribution < -0.4 is 19.5 Å². The molecule has 2 aliphatic rings. The van der Waals surface area contributed by atoms with Crippen molar-refractivity contribution in [2.45, 2.75) is 31.6 Å². The number of ether oxygens (including phenoxy) is 3. The maximum Gasteiger partial charge on any atom is 0.265 e. The summed E-state index contributed by atoms with van der Waals surface area (Å²) in [6, 6.07) is 12.0. The van der Waals surface area contributed by atoms with E-state index in [1.54, 1.807) is 49.4 Å². The first-order valence-electron chi connectivity index (χ1n) is 9.85. The van der Waals surface area contributed by atoms with Crippen molar-refractivity contribution in [2.75, 3.05) is 25.2 Å². The van der Waals surface area contributed by atoms with Gasteiger partial charge in [-0.25, -0.2) is 12.7 Å². The number of sulfonamides is 1. The molecule has 30 heavy (non-hydrogen) atoms. The number of hydrogen-bond donors (Lipinski definition) is 1. The number of amides is 1. The molecule has 1 atom stereocenters.